The predicted octanol–water partition coefficient (Wildman–Crippen LogP) is 3.18. The van der Waals surface area contributed by atoms with Crippen molar-refractivity contribution in [1.29, 1.82) is 5.26 Å². The highest BCUT2D eigenvalue weighted by Crippen LogP contribution is 2.44. The molecule has 4 aromatic rings. The number of nitriles is 1. The van der Waals surface area contributed by atoms with Crippen molar-refractivity contribution in [3.63, 3.8) is 0 Å². The Morgan fingerprint density at radius 3 is 2.86 bits per heavy atom. The second kappa shape index (κ2) is 6.04. The molecule has 0 aliphatic heterocycles. The number of H-pyrrole nitrogens is 1. The van der Waals surface area contributed by atoms with Crippen molar-refractivity contribution >= 4 is 32.7 Å². The normalized spacial score (nSPS) is 13.7. The fourth-order valence-electron chi connectivity index (χ4n) is 3.66. The molecule has 8 heteroatoms. The average molecular weight is 390 g/mol. The highest BCUT2D eigenvalue weighted by atomic mass is 32.1. The van der Waals surface area contributed by atoms with Gasteiger partial charge in [0.25, 0.3) is 5.56 Å². The number of nitrogens with one attached hydrogen (secondary N) is 1. The summed E-state index contributed by atoms with van der Waals surface area (Å²) in [6.07, 6.45) is 5.13. The maximum atomic E-state index is 13.0. The highest BCUT2D eigenvalue weighted by Gasteiger charge is 2.30. The van der Waals surface area contributed by atoms with Crippen molar-refractivity contribution < 1.29 is 4.74 Å². The van der Waals surface area contributed by atoms with Crippen molar-refractivity contribution in [3.05, 3.63) is 56.7 Å². The van der Waals surface area contributed by atoms with Gasteiger partial charge >= 0.3 is 0 Å². The van der Waals surface area contributed by atoms with Gasteiger partial charge in [-0.3, -0.25) is 18.9 Å². The lowest BCUT2D eigenvalue weighted by atomic mass is 10.0. The van der Waals surface area contributed by atoms with Crippen molar-refractivity contribution in [2.24, 2.45) is 0 Å². The van der Waals surface area contributed by atoms with Crippen LogP contribution in [0.4, 0.5) is 0 Å². The number of hydrogen-bond donors (Lipinski definition) is 1. The second-order valence-electron chi connectivity index (χ2n) is 6.76. The molecule has 138 valence electrons. The van der Waals surface area contributed by atoms with Crippen LogP contribution in [0.1, 0.15) is 24.4 Å². The number of pyridine rings is 2. The van der Waals surface area contributed by atoms with Gasteiger partial charge in [0.1, 0.15) is 16.3 Å². The molecule has 0 unspecified atom stereocenters. The Kier molecular flexibility index (Phi) is 3.60. The first-order valence-corrected chi connectivity index (χ1v) is 9.57. The highest BCUT2D eigenvalue weighted by molar-refractivity contribution is 7.12. The molecule has 3 heterocycles. The van der Waals surface area contributed by atoms with Crippen LogP contribution < -0.4 is 15.7 Å². The zero-order chi connectivity index (χ0) is 19.4. The Morgan fingerprint density at radius 2 is 2.14 bits per heavy atom. The average Bonchev–Trinajstić information content (AvgIpc) is 3.49. The Bertz CT molecular complexity index is 1420. The molecule has 0 saturated heterocycles. The molecule has 1 fully saturated rings. The van der Waals surface area contributed by atoms with Crippen LogP contribution in [-0.4, -0.2) is 21.0 Å². The predicted molar refractivity (Wildman–Crippen MR) is 107 cm³/mol. The number of methoxy groups -OCH3 is 1. The van der Waals surface area contributed by atoms with E-state index in [-0.39, 0.29) is 22.4 Å². The summed E-state index contributed by atoms with van der Waals surface area (Å²) < 4.78 is 10.5. The van der Waals surface area contributed by atoms with Gasteiger partial charge < -0.3 is 9.30 Å². The van der Waals surface area contributed by atoms with E-state index in [9.17, 15) is 14.9 Å². The molecule has 1 aliphatic rings. The summed E-state index contributed by atoms with van der Waals surface area (Å²) in [5.41, 5.74) is 1.95. The molecule has 0 spiro atoms. The summed E-state index contributed by atoms with van der Waals surface area (Å²) in [7, 11) is 1.56. The van der Waals surface area contributed by atoms with Gasteiger partial charge in [-0.15, -0.1) is 0 Å². The zero-order valence-electron chi connectivity index (χ0n) is 14.9. The molecule has 28 heavy (non-hydrogen) atoms. The third-order valence-electron chi connectivity index (χ3n) is 5.04. The lowest BCUT2D eigenvalue weighted by molar-refractivity contribution is 0.419. The first-order valence-electron chi connectivity index (χ1n) is 8.76. The van der Waals surface area contributed by atoms with Crippen molar-refractivity contribution in [2.45, 2.75) is 18.9 Å². The van der Waals surface area contributed by atoms with E-state index in [4.69, 9.17) is 4.74 Å². The van der Waals surface area contributed by atoms with E-state index in [0.29, 0.717) is 27.0 Å². The maximum Gasteiger partial charge on any atom is 0.271 e. The van der Waals surface area contributed by atoms with Gasteiger partial charge in [-0.05, 0) is 42.6 Å². The van der Waals surface area contributed by atoms with Gasteiger partial charge in [-0.2, -0.15) is 5.26 Å². The van der Waals surface area contributed by atoms with Crippen LogP contribution in [0.15, 0.2) is 40.2 Å². The third-order valence-corrected chi connectivity index (χ3v) is 5.92. The Labute approximate surface area is 162 Å². The number of ether oxygens (including phenoxy) is 1. The van der Waals surface area contributed by atoms with E-state index in [1.54, 1.807) is 31.5 Å². The van der Waals surface area contributed by atoms with E-state index in [2.05, 4.69) is 20.0 Å². The molecule has 1 saturated carbocycles. The summed E-state index contributed by atoms with van der Waals surface area (Å²) in [6.45, 7) is 0. The molecule has 5 rings (SSSR count). The van der Waals surface area contributed by atoms with Gasteiger partial charge in [0.05, 0.1) is 23.6 Å². The Morgan fingerprint density at radius 1 is 1.32 bits per heavy atom. The van der Waals surface area contributed by atoms with E-state index in [1.165, 1.54) is 17.7 Å². The standard InChI is InChI=1S/C20H14N4O3S/c1-27-18-13(11-6-10(7-21)8-22-9-11)4-5-14-16(18)24(12-2-3-12)20-15(17(14)25)19(26)23-28-20/h4-6,8-9,12H,2-3H2,1H3,(H,23,26). The molecule has 0 radical (unpaired) electrons. The molecule has 7 nitrogen and oxygen atoms in total. The Hall–Kier alpha value is -3.44. The topological polar surface area (TPSA) is 101 Å². The monoisotopic (exact) mass is 390 g/mol. The number of aromatic nitrogens is 3. The maximum absolute atomic E-state index is 13.0. The van der Waals surface area contributed by atoms with E-state index < -0.39 is 0 Å². The summed E-state index contributed by atoms with van der Waals surface area (Å²) in [5.74, 6) is 0.543. The van der Waals surface area contributed by atoms with Crippen LogP contribution in [0.3, 0.4) is 0 Å². The van der Waals surface area contributed by atoms with E-state index in [0.717, 1.165) is 24.0 Å². The lowest BCUT2D eigenvalue weighted by Crippen LogP contribution is -2.15. The fraction of sp³-hybridized carbons (Fsp3) is 0.200. The quantitative estimate of drug-likeness (QED) is 0.579. The lowest BCUT2D eigenvalue weighted by Gasteiger charge is -2.17. The van der Waals surface area contributed by atoms with E-state index >= 15 is 0 Å². The molecule has 1 N–H and O–H groups in total. The molecule has 1 aliphatic carbocycles. The summed E-state index contributed by atoms with van der Waals surface area (Å²) in [5, 5.41) is 9.84. The van der Waals surface area contributed by atoms with Gasteiger partial charge in [-0.1, -0.05) is 0 Å². The van der Waals surface area contributed by atoms with Crippen LogP contribution >= 0.6 is 11.5 Å². The van der Waals surface area contributed by atoms with Crippen LogP contribution in [0, 0.1) is 11.3 Å². The summed E-state index contributed by atoms with van der Waals surface area (Å²) >= 11 is 1.18. The SMILES string of the molecule is COc1c(-c2cncc(C#N)c2)ccc2c(=O)c3c(=O)[nH]sc3n(C3CC3)c12. The van der Waals surface area contributed by atoms with Crippen LogP contribution in [0.25, 0.3) is 32.2 Å². The first kappa shape index (κ1) is 16.7. The zero-order valence-corrected chi connectivity index (χ0v) is 15.7. The fourth-order valence-corrected chi connectivity index (χ4v) is 4.57. The molecule has 1 aromatic carbocycles. The minimum atomic E-state index is -0.352. The minimum absolute atomic E-state index is 0.201. The third kappa shape index (κ3) is 2.30. The first-order chi connectivity index (χ1) is 13.6. The summed E-state index contributed by atoms with van der Waals surface area (Å²) in [6, 6.07) is 7.57. The van der Waals surface area contributed by atoms with Crippen molar-refractivity contribution in [2.75, 3.05) is 7.11 Å². The van der Waals surface area contributed by atoms with Crippen molar-refractivity contribution in [3.8, 4) is 22.9 Å². The number of nitrogens with zero attached hydrogens (tertiary/aromatic N) is 3. The molecular weight excluding hydrogens is 376 g/mol. The molecule has 3 aromatic heterocycles. The minimum Gasteiger partial charge on any atom is -0.494 e. The number of hydrogen-bond acceptors (Lipinski definition) is 6. The van der Waals surface area contributed by atoms with E-state index in [1.807, 2.05) is 0 Å². The molecule has 0 amide bonds. The van der Waals surface area contributed by atoms with Crippen LogP contribution in [0.2, 0.25) is 0 Å². The second-order valence-corrected chi connectivity index (χ2v) is 7.56. The number of benzene rings is 1. The van der Waals surface area contributed by atoms with Crippen molar-refractivity contribution in [1.82, 2.24) is 13.9 Å². The van der Waals surface area contributed by atoms with Gasteiger partial charge in [-0.25, -0.2) is 0 Å². The number of rotatable bonds is 3. The molecule has 0 atom stereocenters. The van der Waals surface area contributed by atoms with Gasteiger partial charge in [0.2, 0.25) is 5.43 Å². The number of fused-ring (bicyclic) bond motifs is 2. The number of aromatic amines is 1. The van der Waals surface area contributed by atoms with Gasteiger partial charge in [0, 0.05) is 29.6 Å². The Balaban J connectivity index is 1.96. The largest absolute Gasteiger partial charge is 0.494 e. The smallest absolute Gasteiger partial charge is 0.271 e. The van der Waals surface area contributed by atoms with Gasteiger partial charge in [0.15, 0.2) is 5.75 Å². The van der Waals surface area contributed by atoms with Crippen LogP contribution in [0.5, 0.6) is 5.75 Å². The van der Waals surface area contributed by atoms with Crippen LogP contribution in [-0.2, 0) is 0 Å². The molecule has 0 bridgehead atoms. The molecular formula is C20H14N4O3S. The summed E-state index contributed by atoms with van der Waals surface area (Å²) in [4.78, 5) is 30.0.